The van der Waals surface area contributed by atoms with Crippen molar-refractivity contribution in [2.24, 2.45) is 0 Å². The van der Waals surface area contributed by atoms with Gasteiger partial charge in [0.25, 0.3) is 10.0 Å². The third-order valence-corrected chi connectivity index (χ3v) is 7.22. The molecule has 3 aromatic rings. The molecule has 0 saturated heterocycles. The first-order valence-electron chi connectivity index (χ1n) is 6.83. The molecule has 0 aliphatic rings. The molecule has 8 heteroatoms. The minimum atomic E-state index is -3.82. The van der Waals surface area contributed by atoms with Crippen LogP contribution in [0.5, 0.6) is 5.75 Å². The molecule has 0 fully saturated rings. The third-order valence-electron chi connectivity index (χ3n) is 3.64. The quantitative estimate of drug-likeness (QED) is 0.473. The first-order chi connectivity index (χ1) is 11.4. The zero-order valence-electron chi connectivity index (χ0n) is 12.5. The van der Waals surface area contributed by atoms with Crippen molar-refractivity contribution in [3.8, 4) is 5.75 Å². The molecule has 24 heavy (non-hydrogen) atoms. The normalized spacial score (nSPS) is 11.8. The largest absolute Gasteiger partial charge is 0.496 e. The van der Waals surface area contributed by atoms with E-state index in [2.05, 4.69) is 31.9 Å². The van der Waals surface area contributed by atoms with Crippen LogP contribution in [-0.4, -0.2) is 19.5 Å². The van der Waals surface area contributed by atoms with E-state index in [-0.39, 0.29) is 10.8 Å². The number of benzene rings is 2. The summed E-state index contributed by atoms with van der Waals surface area (Å²) in [5, 5.41) is 0.793. The van der Waals surface area contributed by atoms with Crippen molar-refractivity contribution in [2.75, 3.05) is 7.11 Å². The van der Waals surface area contributed by atoms with Crippen LogP contribution in [0.3, 0.4) is 0 Å². The number of hydrogen-bond acceptors (Lipinski definition) is 3. The molecule has 1 aromatic heterocycles. The monoisotopic (exact) mass is 491 g/mol. The SMILES string of the molecule is COc1cccc(S(=O)(=O)n2cc(CCl)c3cc(Br)ccc32)c1Br. The Labute approximate surface area is 161 Å². The highest BCUT2D eigenvalue weighted by molar-refractivity contribution is 9.10. The topological polar surface area (TPSA) is 48.3 Å². The Morgan fingerprint density at radius 2 is 1.96 bits per heavy atom. The molecule has 4 nitrogen and oxygen atoms in total. The van der Waals surface area contributed by atoms with Crippen molar-refractivity contribution in [1.82, 2.24) is 3.97 Å². The average Bonchev–Trinajstić information content (AvgIpc) is 2.93. The minimum Gasteiger partial charge on any atom is -0.496 e. The predicted octanol–water partition coefficient (Wildman–Crippen LogP) is 5.15. The van der Waals surface area contributed by atoms with Gasteiger partial charge in [-0.25, -0.2) is 12.4 Å². The van der Waals surface area contributed by atoms with Gasteiger partial charge < -0.3 is 4.74 Å². The van der Waals surface area contributed by atoms with Crippen LogP contribution in [-0.2, 0) is 15.9 Å². The number of nitrogens with zero attached hydrogens (tertiary/aromatic N) is 1. The molecule has 0 bridgehead atoms. The fourth-order valence-electron chi connectivity index (χ4n) is 2.50. The van der Waals surface area contributed by atoms with Gasteiger partial charge in [-0.3, -0.25) is 0 Å². The molecule has 126 valence electrons. The number of hydrogen-bond donors (Lipinski definition) is 0. The van der Waals surface area contributed by atoms with E-state index in [4.69, 9.17) is 16.3 Å². The fraction of sp³-hybridized carbons (Fsp3) is 0.125. The highest BCUT2D eigenvalue weighted by atomic mass is 79.9. The Bertz CT molecular complexity index is 1030. The average molecular weight is 494 g/mol. The maximum absolute atomic E-state index is 13.2. The second-order valence-corrected chi connectivity index (χ2v) is 8.78. The van der Waals surface area contributed by atoms with E-state index in [1.807, 2.05) is 6.07 Å². The lowest BCUT2D eigenvalue weighted by Gasteiger charge is -2.11. The van der Waals surface area contributed by atoms with Gasteiger partial charge in [0.05, 0.1) is 17.1 Å². The lowest BCUT2D eigenvalue weighted by atomic mass is 10.2. The van der Waals surface area contributed by atoms with Crippen LogP contribution in [0.1, 0.15) is 5.56 Å². The van der Waals surface area contributed by atoms with Gasteiger partial charge in [-0.15, -0.1) is 11.6 Å². The summed E-state index contributed by atoms with van der Waals surface area (Å²) in [7, 11) is -2.32. The number of halogens is 3. The van der Waals surface area contributed by atoms with Gasteiger partial charge in [-0.05, 0) is 51.8 Å². The Balaban J connectivity index is 2.31. The molecular weight excluding hydrogens is 482 g/mol. The molecule has 0 atom stereocenters. The molecule has 0 aliphatic heterocycles. The first-order valence-corrected chi connectivity index (χ1v) is 10.4. The van der Waals surface area contributed by atoms with Gasteiger partial charge in [0.1, 0.15) is 10.6 Å². The van der Waals surface area contributed by atoms with Crippen molar-refractivity contribution in [1.29, 1.82) is 0 Å². The lowest BCUT2D eigenvalue weighted by Crippen LogP contribution is -2.12. The van der Waals surface area contributed by atoms with Crippen molar-refractivity contribution >= 4 is 64.4 Å². The zero-order valence-corrected chi connectivity index (χ0v) is 17.2. The summed E-state index contributed by atoms with van der Waals surface area (Å²) in [5.41, 5.74) is 1.32. The Morgan fingerprint density at radius 1 is 1.21 bits per heavy atom. The summed E-state index contributed by atoms with van der Waals surface area (Å²) in [6.45, 7) is 0. The standard InChI is InChI=1S/C16H12Br2ClNO3S/c1-23-14-3-2-4-15(16(14)18)24(21,22)20-9-10(8-19)12-7-11(17)5-6-13(12)20/h2-7,9H,8H2,1H3. The van der Waals surface area contributed by atoms with Gasteiger partial charge in [0.2, 0.25) is 0 Å². The molecule has 0 spiro atoms. The van der Waals surface area contributed by atoms with Crippen molar-refractivity contribution < 1.29 is 13.2 Å². The molecular formula is C16H12Br2ClNO3S. The van der Waals surface area contributed by atoms with Crippen LogP contribution in [0.4, 0.5) is 0 Å². The minimum absolute atomic E-state index is 0.128. The van der Waals surface area contributed by atoms with E-state index in [1.54, 1.807) is 30.5 Å². The number of rotatable bonds is 4. The molecule has 1 heterocycles. The zero-order chi connectivity index (χ0) is 17.5. The van der Waals surface area contributed by atoms with Crippen LogP contribution in [0, 0.1) is 0 Å². The molecule has 0 amide bonds. The number of alkyl halides is 1. The van der Waals surface area contributed by atoms with Gasteiger partial charge >= 0.3 is 0 Å². The number of ether oxygens (including phenoxy) is 1. The maximum Gasteiger partial charge on any atom is 0.269 e. The summed E-state index contributed by atoms with van der Waals surface area (Å²) < 4.78 is 34.0. The van der Waals surface area contributed by atoms with Gasteiger partial charge in [-0.2, -0.15) is 0 Å². The predicted molar refractivity (Wildman–Crippen MR) is 102 cm³/mol. The first kappa shape index (κ1) is 17.8. The van der Waals surface area contributed by atoms with E-state index in [1.165, 1.54) is 17.1 Å². The van der Waals surface area contributed by atoms with Crippen LogP contribution >= 0.6 is 43.5 Å². The smallest absolute Gasteiger partial charge is 0.269 e. The van der Waals surface area contributed by atoms with Crippen LogP contribution in [0.25, 0.3) is 10.9 Å². The second kappa shape index (κ2) is 6.71. The number of methoxy groups -OCH3 is 1. The van der Waals surface area contributed by atoms with E-state index < -0.39 is 10.0 Å². The molecule has 0 N–H and O–H groups in total. The summed E-state index contributed by atoms with van der Waals surface area (Å²) in [6, 6.07) is 10.3. The van der Waals surface area contributed by atoms with Crippen molar-refractivity contribution in [3.05, 3.63) is 57.1 Å². The Kier molecular flexibility index (Phi) is 4.97. The van der Waals surface area contributed by atoms with Crippen LogP contribution in [0.2, 0.25) is 0 Å². The molecule has 2 aromatic carbocycles. The second-order valence-electron chi connectivity index (χ2n) is 5.02. The molecule has 0 aliphatic carbocycles. The summed E-state index contributed by atoms with van der Waals surface area (Å²) in [4.78, 5) is 0.128. The van der Waals surface area contributed by atoms with E-state index >= 15 is 0 Å². The Morgan fingerprint density at radius 3 is 2.62 bits per heavy atom. The van der Waals surface area contributed by atoms with Gasteiger partial charge in [0.15, 0.2) is 0 Å². The summed E-state index contributed by atoms with van der Waals surface area (Å²) >= 11 is 12.7. The maximum atomic E-state index is 13.2. The van der Waals surface area contributed by atoms with E-state index in [9.17, 15) is 8.42 Å². The third kappa shape index (κ3) is 2.87. The van der Waals surface area contributed by atoms with Crippen molar-refractivity contribution in [3.63, 3.8) is 0 Å². The lowest BCUT2D eigenvalue weighted by molar-refractivity contribution is 0.410. The summed E-state index contributed by atoms with van der Waals surface area (Å²) in [6.07, 6.45) is 1.56. The summed E-state index contributed by atoms with van der Waals surface area (Å²) in [5.74, 6) is 0.669. The van der Waals surface area contributed by atoms with Crippen LogP contribution < -0.4 is 4.74 Å². The highest BCUT2D eigenvalue weighted by Crippen LogP contribution is 2.35. The molecule has 0 unspecified atom stereocenters. The molecule has 0 saturated carbocycles. The van der Waals surface area contributed by atoms with E-state index in [0.29, 0.717) is 15.7 Å². The molecule has 0 radical (unpaired) electrons. The molecule has 3 rings (SSSR count). The van der Waals surface area contributed by atoms with Crippen molar-refractivity contribution in [2.45, 2.75) is 10.8 Å². The van der Waals surface area contributed by atoms with Gasteiger partial charge in [-0.1, -0.05) is 22.0 Å². The van der Waals surface area contributed by atoms with Crippen LogP contribution in [0.15, 0.2) is 56.4 Å². The number of aromatic nitrogens is 1. The van der Waals surface area contributed by atoms with Gasteiger partial charge in [0, 0.05) is 21.9 Å². The number of fused-ring (bicyclic) bond motifs is 1. The highest BCUT2D eigenvalue weighted by Gasteiger charge is 2.25. The fourth-order valence-corrected chi connectivity index (χ4v) is 5.58. The Hall–Kier alpha value is -1.02. The van der Waals surface area contributed by atoms with E-state index in [0.717, 1.165) is 15.4 Å².